The summed E-state index contributed by atoms with van der Waals surface area (Å²) in [5, 5.41) is 14.2. The Morgan fingerprint density at radius 2 is 2.00 bits per heavy atom. The number of nitro groups is 1. The van der Waals surface area contributed by atoms with Gasteiger partial charge in [0.2, 0.25) is 0 Å². The molecule has 0 aliphatic rings. The van der Waals surface area contributed by atoms with E-state index in [2.05, 4.69) is 15.3 Å². The zero-order chi connectivity index (χ0) is 14.7. The minimum absolute atomic E-state index is 0.0790. The molecule has 0 fully saturated rings. The van der Waals surface area contributed by atoms with Crippen LogP contribution in [0.15, 0.2) is 30.7 Å². The van der Waals surface area contributed by atoms with Gasteiger partial charge in [-0.3, -0.25) is 20.1 Å². The molecule has 0 aliphatic heterocycles. The number of anilines is 1. The van der Waals surface area contributed by atoms with Crippen molar-refractivity contribution >= 4 is 11.4 Å². The minimum Gasteiger partial charge on any atom is -0.376 e. The summed E-state index contributed by atoms with van der Waals surface area (Å²) < 4.78 is 0. The van der Waals surface area contributed by atoms with Crippen LogP contribution in [0.25, 0.3) is 0 Å². The van der Waals surface area contributed by atoms with E-state index in [0.29, 0.717) is 5.56 Å². The van der Waals surface area contributed by atoms with Gasteiger partial charge in [-0.1, -0.05) is 0 Å². The molecule has 6 nitrogen and oxygen atoms in total. The molecule has 1 aromatic carbocycles. The number of aryl methyl sites for hydroxylation is 2. The van der Waals surface area contributed by atoms with Crippen molar-refractivity contribution in [3.63, 3.8) is 0 Å². The van der Waals surface area contributed by atoms with E-state index in [-0.39, 0.29) is 16.7 Å². The Labute approximate surface area is 117 Å². The van der Waals surface area contributed by atoms with Crippen molar-refractivity contribution in [2.24, 2.45) is 0 Å². The summed E-state index contributed by atoms with van der Waals surface area (Å²) >= 11 is 0. The summed E-state index contributed by atoms with van der Waals surface area (Å²) in [6, 6.07) is 3.30. The van der Waals surface area contributed by atoms with Crippen LogP contribution in [0.3, 0.4) is 0 Å². The van der Waals surface area contributed by atoms with E-state index in [9.17, 15) is 10.1 Å². The van der Waals surface area contributed by atoms with Crippen LogP contribution in [-0.4, -0.2) is 14.9 Å². The number of aromatic nitrogens is 2. The first-order valence-electron chi connectivity index (χ1n) is 6.27. The van der Waals surface area contributed by atoms with Crippen LogP contribution in [0.4, 0.5) is 11.4 Å². The van der Waals surface area contributed by atoms with Gasteiger partial charge in [0.1, 0.15) is 0 Å². The number of hydrogen-bond acceptors (Lipinski definition) is 5. The zero-order valence-electron chi connectivity index (χ0n) is 11.6. The Kier molecular flexibility index (Phi) is 3.93. The lowest BCUT2D eigenvalue weighted by molar-refractivity contribution is -0.385. The highest BCUT2D eigenvalue weighted by atomic mass is 16.6. The van der Waals surface area contributed by atoms with E-state index in [1.807, 2.05) is 19.9 Å². The van der Waals surface area contributed by atoms with Crippen molar-refractivity contribution < 1.29 is 4.92 Å². The monoisotopic (exact) mass is 272 g/mol. The first-order valence-corrected chi connectivity index (χ1v) is 6.27. The molecule has 104 valence electrons. The normalized spacial score (nSPS) is 11.9. The van der Waals surface area contributed by atoms with Crippen molar-refractivity contribution in [2.45, 2.75) is 26.8 Å². The second-order valence-electron chi connectivity index (χ2n) is 4.71. The molecule has 2 aromatic rings. The lowest BCUT2D eigenvalue weighted by Crippen LogP contribution is -2.10. The highest BCUT2D eigenvalue weighted by Gasteiger charge is 2.15. The fourth-order valence-electron chi connectivity index (χ4n) is 2.03. The van der Waals surface area contributed by atoms with Gasteiger partial charge in [0.15, 0.2) is 0 Å². The molecule has 0 saturated carbocycles. The SMILES string of the molecule is Cc1cc(C)c([N+](=O)[O-])cc1NC(C)c1cnccn1. The maximum Gasteiger partial charge on any atom is 0.274 e. The quantitative estimate of drug-likeness (QED) is 0.683. The van der Waals surface area contributed by atoms with Crippen molar-refractivity contribution in [1.29, 1.82) is 0 Å². The summed E-state index contributed by atoms with van der Waals surface area (Å²) in [5.41, 5.74) is 3.26. The second kappa shape index (κ2) is 5.64. The van der Waals surface area contributed by atoms with E-state index in [0.717, 1.165) is 16.9 Å². The van der Waals surface area contributed by atoms with Crippen molar-refractivity contribution in [3.05, 3.63) is 57.7 Å². The van der Waals surface area contributed by atoms with Crippen molar-refractivity contribution in [2.75, 3.05) is 5.32 Å². The highest BCUT2D eigenvalue weighted by Crippen LogP contribution is 2.28. The lowest BCUT2D eigenvalue weighted by atomic mass is 10.1. The summed E-state index contributed by atoms with van der Waals surface area (Å²) in [5.74, 6) is 0. The average Bonchev–Trinajstić information content (AvgIpc) is 2.42. The summed E-state index contributed by atoms with van der Waals surface area (Å²) in [6.07, 6.45) is 4.91. The largest absolute Gasteiger partial charge is 0.376 e. The van der Waals surface area contributed by atoms with Gasteiger partial charge < -0.3 is 5.32 Å². The number of nitro benzene ring substituents is 1. The zero-order valence-corrected chi connectivity index (χ0v) is 11.6. The van der Waals surface area contributed by atoms with Gasteiger partial charge in [0.25, 0.3) is 5.69 Å². The summed E-state index contributed by atoms with van der Waals surface area (Å²) in [7, 11) is 0. The molecule has 0 bridgehead atoms. The van der Waals surface area contributed by atoms with E-state index >= 15 is 0 Å². The van der Waals surface area contributed by atoms with Crippen LogP contribution in [0, 0.1) is 24.0 Å². The Hall–Kier alpha value is -2.50. The Morgan fingerprint density at radius 3 is 2.60 bits per heavy atom. The first-order chi connectivity index (χ1) is 9.49. The summed E-state index contributed by atoms with van der Waals surface area (Å²) in [4.78, 5) is 18.9. The molecule has 0 saturated heterocycles. The fourth-order valence-corrected chi connectivity index (χ4v) is 2.03. The molecule has 0 aliphatic carbocycles. The molecule has 0 amide bonds. The standard InChI is InChI=1S/C14H16N4O2/c1-9-6-10(2)14(18(19)20)7-12(9)17-11(3)13-8-15-4-5-16-13/h4-8,11,17H,1-3H3. The molecule has 1 aromatic heterocycles. The highest BCUT2D eigenvalue weighted by molar-refractivity contribution is 5.60. The number of nitrogens with one attached hydrogen (secondary N) is 1. The lowest BCUT2D eigenvalue weighted by Gasteiger charge is -2.16. The second-order valence-corrected chi connectivity index (χ2v) is 4.71. The predicted molar refractivity (Wildman–Crippen MR) is 76.6 cm³/mol. The third kappa shape index (κ3) is 2.90. The van der Waals surface area contributed by atoms with Crippen LogP contribution < -0.4 is 5.32 Å². The van der Waals surface area contributed by atoms with E-state index < -0.39 is 0 Å². The number of benzene rings is 1. The molecule has 1 atom stereocenters. The number of nitrogens with zero attached hydrogens (tertiary/aromatic N) is 3. The Balaban J connectivity index is 2.29. The Morgan fingerprint density at radius 1 is 1.25 bits per heavy atom. The molecule has 1 heterocycles. The maximum absolute atomic E-state index is 11.0. The number of hydrogen-bond donors (Lipinski definition) is 1. The maximum atomic E-state index is 11.0. The molecule has 1 N–H and O–H groups in total. The molecular weight excluding hydrogens is 256 g/mol. The van der Waals surface area contributed by atoms with Crippen LogP contribution >= 0.6 is 0 Å². The van der Waals surface area contributed by atoms with Crippen LogP contribution in [0.1, 0.15) is 29.8 Å². The van der Waals surface area contributed by atoms with Gasteiger partial charge in [0.05, 0.1) is 22.9 Å². The van der Waals surface area contributed by atoms with Crippen molar-refractivity contribution in [1.82, 2.24) is 9.97 Å². The topological polar surface area (TPSA) is 81.0 Å². The van der Waals surface area contributed by atoms with Gasteiger partial charge in [-0.05, 0) is 32.4 Å². The predicted octanol–water partition coefficient (Wildman–Crippen LogP) is 3.17. The first kappa shape index (κ1) is 13.9. The van der Waals surface area contributed by atoms with Gasteiger partial charge in [-0.25, -0.2) is 0 Å². The fraction of sp³-hybridized carbons (Fsp3) is 0.286. The van der Waals surface area contributed by atoms with Crippen LogP contribution in [0.5, 0.6) is 0 Å². The van der Waals surface area contributed by atoms with Gasteiger partial charge in [-0.2, -0.15) is 0 Å². The molecule has 1 unspecified atom stereocenters. The van der Waals surface area contributed by atoms with E-state index in [1.54, 1.807) is 31.6 Å². The number of rotatable bonds is 4. The summed E-state index contributed by atoms with van der Waals surface area (Å²) in [6.45, 7) is 5.60. The molecule has 2 rings (SSSR count). The average molecular weight is 272 g/mol. The van der Waals surface area contributed by atoms with Crippen LogP contribution in [-0.2, 0) is 0 Å². The third-order valence-electron chi connectivity index (χ3n) is 3.14. The molecule has 20 heavy (non-hydrogen) atoms. The molecule has 0 spiro atoms. The van der Waals surface area contributed by atoms with Gasteiger partial charge >= 0.3 is 0 Å². The molecular formula is C14H16N4O2. The van der Waals surface area contributed by atoms with E-state index in [1.165, 1.54) is 0 Å². The van der Waals surface area contributed by atoms with Gasteiger partial charge in [0, 0.05) is 29.7 Å². The van der Waals surface area contributed by atoms with Crippen molar-refractivity contribution in [3.8, 4) is 0 Å². The smallest absolute Gasteiger partial charge is 0.274 e. The Bertz CT molecular complexity index is 629. The molecule has 0 radical (unpaired) electrons. The van der Waals surface area contributed by atoms with Gasteiger partial charge in [-0.15, -0.1) is 0 Å². The van der Waals surface area contributed by atoms with Crippen LogP contribution in [0.2, 0.25) is 0 Å². The van der Waals surface area contributed by atoms with E-state index in [4.69, 9.17) is 0 Å². The third-order valence-corrected chi connectivity index (χ3v) is 3.14. The minimum atomic E-state index is -0.368. The molecule has 6 heteroatoms.